The number of allylic oxidation sites excluding steroid dienone is 1. The van der Waals surface area contributed by atoms with Gasteiger partial charge in [0, 0.05) is 42.2 Å². The number of amides is 1. The zero-order chi connectivity index (χ0) is 30.0. The molecule has 42 heavy (non-hydrogen) atoms. The third-order valence-corrected chi connectivity index (χ3v) is 10.7. The van der Waals surface area contributed by atoms with Crippen LogP contribution in [0.15, 0.2) is 47.7 Å². The van der Waals surface area contributed by atoms with Crippen LogP contribution in [0.1, 0.15) is 108 Å². The molecule has 1 heterocycles. The summed E-state index contributed by atoms with van der Waals surface area (Å²) in [6.07, 6.45) is 17.5. The smallest absolute Gasteiger partial charge is 0.234 e. The number of rotatable bonds is 9. The molecule has 0 atom stereocenters. The first-order valence-corrected chi connectivity index (χ1v) is 16.0. The summed E-state index contributed by atoms with van der Waals surface area (Å²) in [4.78, 5) is 26.0. The van der Waals surface area contributed by atoms with E-state index in [0.717, 1.165) is 93.5 Å². The van der Waals surface area contributed by atoms with Crippen LogP contribution < -0.4 is 15.4 Å². The molecule has 4 aliphatic carbocycles. The number of benzene rings is 1. The number of anilines is 1. The Hall–Kier alpha value is -3.15. The number of pyridine rings is 1. The van der Waals surface area contributed by atoms with Crippen LogP contribution in [0.2, 0.25) is 0 Å². The van der Waals surface area contributed by atoms with Gasteiger partial charge in [0.1, 0.15) is 11.6 Å². The molecule has 2 N–H and O–H groups in total. The minimum Gasteiger partial charge on any atom is -0.496 e. The summed E-state index contributed by atoms with van der Waals surface area (Å²) in [5.41, 5.74) is 10.5. The van der Waals surface area contributed by atoms with Crippen LogP contribution in [0.25, 0.3) is 5.57 Å². The van der Waals surface area contributed by atoms with E-state index in [4.69, 9.17) is 15.5 Å². The molecular formula is C36H50N4O2. The van der Waals surface area contributed by atoms with Gasteiger partial charge in [-0.1, -0.05) is 38.3 Å². The highest BCUT2D eigenvalue weighted by atomic mass is 16.5. The monoisotopic (exact) mass is 570 g/mol. The van der Waals surface area contributed by atoms with E-state index in [2.05, 4.69) is 41.9 Å². The molecule has 0 saturated heterocycles. The maximum absolute atomic E-state index is 14.5. The fraction of sp³-hybridized carbons (Fsp3) is 0.583. The van der Waals surface area contributed by atoms with Crippen LogP contribution in [-0.4, -0.2) is 36.8 Å². The molecule has 4 fully saturated rings. The molecular weight excluding hydrogens is 520 g/mol. The van der Waals surface area contributed by atoms with E-state index >= 15 is 0 Å². The quantitative estimate of drug-likeness (QED) is 0.312. The minimum atomic E-state index is -0.341. The molecule has 1 aromatic carbocycles. The van der Waals surface area contributed by atoms with E-state index < -0.39 is 0 Å². The van der Waals surface area contributed by atoms with E-state index in [9.17, 15) is 4.79 Å². The second-order valence-electron chi connectivity index (χ2n) is 13.9. The molecule has 6 heteroatoms. The molecule has 6 nitrogen and oxygen atoms in total. The fourth-order valence-electron chi connectivity index (χ4n) is 7.79. The lowest BCUT2D eigenvalue weighted by Crippen LogP contribution is -2.53. The molecule has 2 bridgehead atoms. The standard InChI is InChI=1S/C36H50N4O2/c1-26(2)39-24-29(23-37)28-11-20-38-32(22-28)40(33(41)34(4)12-7-6-8-13-34)25-35-14-17-36(18-15-35,19-16-35)30-9-10-31(42-5)27(3)21-30/h9-11,20-24,26H,6-8,12-19,25,37H2,1-5H3/b29-23+,39-24?. The molecule has 226 valence electrons. The minimum absolute atomic E-state index is 0.118. The van der Waals surface area contributed by atoms with Crippen LogP contribution in [0.4, 0.5) is 5.82 Å². The number of aliphatic imine (C=N–C) groups is 1. The number of aryl methyl sites for hydroxylation is 1. The maximum Gasteiger partial charge on any atom is 0.234 e. The number of fused-ring (bicyclic) bond motifs is 3. The second-order valence-corrected chi connectivity index (χ2v) is 13.9. The van der Waals surface area contributed by atoms with E-state index in [0.29, 0.717) is 0 Å². The summed E-state index contributed by atoms with van der Waals surface area (Å²) in [5, 5.41) is 0. The summed E-state index contributed by atoms with van der Waals surface area (Å²) < 4.78 is 5.54. The highest BCUT2D eigenvalue weighted by Crippen LogP contribution is 2.58. The van der Waals surface area contributed by atoms with Gasteiger partial charge in [-0.25, -0.2) is 4.98 Å². The Kier molecular flexibility index (Phi) is 8.82. The van der Waals surface area contributed by atoms with Crippen molar-refractivity contribution in [2.24, 2.45) is 21.6 Å². The van der Waals surface area contributed by atoms with E-state index in [-0.39, 0.29) is 28.2 Å². The largest absolute Gasteiger partial charge is 0.496 e. The predicted octanol–water partition coefficient (Wildman–Crippen LogP) is 7.77. The number of nitrogens with two attached hydrogens (primary N) is 1. The Morgan fingerprint density at radius 1 is 1.05 bits per heavy atom. The molecule has 0 unspecified atom stereocenters. The lowest BCUT2D eigenvalue weighted by molar-refractivity contribution is -0.129. The van der Waals surface area contributed by atoms with Gasteiger partial charge in [0.15, 0.2) is 0 Å². The third kappa shape index (κ3) is 6.00. The summed E-state index contributed by atoms with van der Waals surface area (Å²) in [6, 6.07) is 10.9. The lowest BCUT2D eigenvalue weighted by atomic mass is 9.51. The highest BCUT2D eigenvalue weighted by Gasteiger charge is 2.51. The Balaban J connectivity index is 1.43. The Labute approximate surface area is 252 Å². The molecule has 4 saturated carbocycles. The molecule has 1 amide bonds. The summed E-state index contributed by atoms with van der Waals surface area (Å²) >= 11 is 0. The second kappa shape index (κ2) is 12.2. The van der Waals surface area contributed by atoms with Gasteiger partial charge in [-0.05, 0) is 118 Å². The molecule has 1 aromatic heterocycles. The van der Waals surface area contributed by atoms with Gasteiger partial charge in [-0.2, -0.15) is 0 Å². The number of ether oxygens (including phenoxy) is 1. The van der Waals surface area contributed by atoms with E-state index in [1.165, 1.54) is 17.5 Å². The molecule has 4 aliphatic rings. The van der Waals surface area contributed by atoms with Gasteiger partial charge < -0.3 is 10.5 Å². The van der Waals surface area contributed by atoms with Crippen molar-refractivity contribution in [2.75, 3.05) is 18.6 Å². The topological polar surface area (TPSA) is 80.8 Å². The van der Waals surface area contributed by atoms with Crippen LogP contribution >= 0.6 is 0 Å². The summed E-state index contributed by atoms with van der Waals surface area (Å²) in [5.74, 6) is 1.94. The van der Waals surface area contributed by atoms with Crippen molar-refractivity contribution in [1.82, 2.24) is 4.98 Å². The average molecular weight is 571 g/mol. The first-order chi connectivity index (χ1) is 20.1. The Morgan fingerprint density at radius 2 is 1.74 bits per heavy atom. The maximum atomic E-state index is 14.5. The summed E-state index contributed by atoms with van der Waals surface area (Å²) in [6.45, 7) is 9.16. The lowest BCUT2D eigenvalue weighted by Gasteiger charge is -2.55. The van der Waals surface area contributed by atoms with Gasteiger partial charge in [-0.15, -0.1) is 0 Å². The van der Waals surface area contributed by atoms with Crippen molar-refractivity contribution in [3.05, 3.63) is 59.4 Å². The average Bonchev–Trinajstić information content (AvgIpc) is 3.01. The number of aromatic nitrogens is 1. The zero-order valence-corrected chi connectivity index (χ0v) is 26.4. The van der Waals surface area contributed by atoms with Gasteiger partial charge in [0.05, 0.1) is 7.11 Å². The van der Waals surface area contributed by atoms with Gasteiger partial charge >= 0.3 is 0 Å². The first kappa shape index (κ1) is 30.3. The van der Waals surface area contributed by atoms with Crippen LogP contribution in [0, 0.1) is 17.8 Å². The van der Waals surface area contributed by atoms with Crippen LogP contribution in [0.3, 0.4) is 0 Å². The SMILES string of the molecule is COc1ccc(C23CCC(CN(C(=O)C4(C)CCCCC4)c4cc(/C(C=NC(C)C)=C/N)ccn4)(CC2)CC3)cc1C. The molecule has 0 spiro atoms. The van der Waals surface area contributed by atoms with Crippen molar-refractivity contribution in [2.45, 2.75) is 110 Å². The number of carbonyl (C=O) groups excluding carboxylic acids is 1. The first-order valence-electron chi connectivity index (χ1n) is 16.0. The van der Waals surface area contributed by atoms with Crippen LogP contribution in [0.5, 0.6) is 5.75 Å². The summed E-state index contributed by atoms with van der Waals surface area (Å²) in [7, 11) is 1.74. The number of nitrogens with zero attached hydrogens (tertiary/aromatic N) is 3. The van der Waals surface area contributed by atoms with Crippen molar-refractivity contribution >= 4 is 23.5 Å². The molecule has 2 aromatic rings. The highest BCUT2D eigenvalue weighted by molar-refractivity contribution is 6.10. The van der Waals surface area contributed by atoms with Crippen LogP contribution in [-0.2, 0) is 10.2 Å². The van der Waals surface area contributed by atoms with Gasteiger partial charge in [-0.3, -0.25) is 14.7 Å². The number of hydrogen-bond donors (Lipinski definition) is 1. The van der Waals surface area contributed by atoms with Gasteiger partial charge in [0.25, 0.3) is 0 Å². The fourth-order valence-corrected chi connectivity index (χ4v) is 7.79. The number of hydrogen-bond acceptors (Lipinski definition) is 5. The molecule has 6 rings (SSSR count). The number of carbonyl (C=O) groups is 1. The third-order valence-electron chi connectivity index (χ3n) is 10.7. The Bertz CT molecular complexity index is 1310. The molecule has 0 radical (unpaired) electrons. The predicted molar refractivity (Wildman–Crippen MR) is 173 cm³/mol. The van der Waals surface area contributed by atoms with E-state index in [1.807, 2.05) is 38.4 Å². The Morgan fingerprint density at radius 3 is 2.33 bits per heavy atom. The van der Waals surface area contributed by atoms with Crippen molar-refractivity contribution in [1.29, 1.82) is 0 Å². The van der Waals surface area contributed by atoms with Crippen molar-refractivity contribution < 1.29 is 9.53 Å². The number of methoxy groups -OCH3 is 1. The van der Waals surface area contributed by atoms with Crippen molar-refractivity contribution in [3.8, 4) is 5.75 Å². The zero-order valence-electron chi connectivity index (χ0n) is 26.4. The van der Waals surface area contributed by atoms with Crippen molar-refractivity contribution in [3.63, 3.8) is 0 Å². The van der Waals surface area contributed by atoms with E-state index in [1.54, 1.807) is 13.3 Å². The molecule has 0 aliphatic heterocycles. The normalized spacial score (nSPS) is 25.6. The van der Waals surface area contributed by atoms with Gasteiger partial charge in [0.2, 0.25) is 5.91 Å².